The van der Waals surface area contributed by atoms with Gasteiger partial charge in [0.1, 0.15) is 0 Å². The van der Waals surface area contributed by atoms with Crippen LogP contribution in [0.1, 0.15) is 19.3 Å². The van der Waals surface area contributed by atoms with E-state index in [1.165, 1.54) is 23.1 Å². The van der Waals surface area contributed by atoms with Gasteiger partial charge in [-0.2, -0.15) is 0 Å². The number of halogens is 1. The molecule has 2 aliphatic rings. The number of nitrogens with zero attached hydrogens (tertiary/aromatic N) is 1. The smallest absolute Gasteiger partial charge is 0.261 e. The normalized spacial score (nSPS) is 20.0. The highest BCUT2D eigenvalue weighted by Crippen LogP contribution is 2.35. The van der Waals surface area contributed by atoms with Gasteiger partial charge in [-0.05, 0) is 55.3 Å². The number of hydrogen-bond acceptors (Lipinski definition) is 5. The van der Waals surface area contributed by atoms with Crippen molar-refractivity contribution in [2.75, 3.05) is 16.6 Å². The number of carbonyl (C=O) groups is 3. The van der Waals surface area contributed by atoms with Crippen LogP contribution in [0, 0.1) is 11.8 Å². The first-order valence-electron chi connectivity index (χ1n) is 10.4. The molecule has 1 heterocycles. The molecule has 4 rings (SSSR count). The Labute approximate surface area is 196 Å². The maximum Gasteiger partial charge on any atom is 0.261 e. The molecule has 1 fully saturated rings. The van der Waals surface area contributed by atoms with E-state index in [1.54, 1.807) is 30.3 Å². The lowest BCUT2D eigenvalue weighted by Gasteiger charge is -2.15. The molecule has 2 aromatic rings. The first-order valence-corrected chi connectivity index (χ1v) is 12.3. The van der Waals surface area contributed by atoms with E-state index in [9.17, 15) is 22.8 Å². The van der Waals surface area contributed by atoms with Crippen molar-refractivity contribution in [3.8, 4) is 0 Å². The molecule has 1 saturated heterocycles. The highest BCUT2D eigenvalue weighted by molar-refractivity contribution is 7.92. The van der Waals surface area contributed by atoms with Crippen LogP contribution >= 0.6 is 11.6 Å². The van der Waals surface area contributed by atoms with Crippen molar-refractivity contribution in [1.82, 2.24) is 4.90 Å². The Morgan fingerprint density at radius 3 is 2.24 bits per heavy atom. The van der Waals surface area contributed by atoms with Crippen LogP contribution in [-0.4, -0.2) is 37.6 Å². The van der Waals surface area contributed by atoms with Gasteiger partial charge in [0.05, 0.1) is 16.7 Å². The monoisotopic (exact) mass is 487 g/mol. The number of imide groups is 1. The third kappa shape index (κ3) is 5.09. The van der Waals surface area contributed by atoms with E-state index < -0.39 is 15.9 Å². The number of rotatable bonds is 7. The first kappa shape index (κ1) is 23.0. The van der Waals surface area contributed by atoms with Crippen LogP contribution in [0.3, 0.4) is 0 Å². The third-order valence-electron chi connectivity index (χ3n) is 5.69. The first-order chi connectivity index (χ1) is 15.7. The van der Waals surface area contributed by atoms with Crippen molar-refractivity contribution in [1.29, 1.82) is 0 Å². The van der Waals surface area contributed by atoms with Gasteiger partial charge in [0.15, 0.2) is 0 Å². The van der Waals surface area contributed by atoms with E-state index in [-0.39, 0.29) is 47.2 Å². The predicted octanol–water partition coefficient (Wildman–Crippen LogP) is 3.42. The minimum absolute atomic E-state index is 0.00733. The summed E-state index contributed by atoms with van der Waals surface area (Å²) >= 11 is 5.82. The Morgan fingerprint density at radius 2 is 1.61 bits per heavy atom. The van der Waals surface area contributed by atoms with Gasteiger partial charge in [0.25, 0.3) is 10.0 Å². The summed E-state index contributed by atoms with van der Waals surface area (Å²) in [5, 5.41) is 3.11. The summed E-state index contributed by atoms with van der Waals surface area (Å²) in [6.45, 7) is -0.00733. The highest BCUT2D eigenvalue weighted by atomic mass is 35.5. The van der Waals surface area contributed by atoms with E-state index in [4.69, 9.17) is 11.6 Å². The number of allylic oxidation sites excluding steroid dienone is 2. The number of fused-ring (bicyclic) bond motifs is 1. The van der Waals surface area contributed by atoms with Gasteiger partial charge < -0.3 is 5.32 Å². The number of anilines is 2. The van der Waals surface area contributed by atoms with Crippen LogP contribution in [0.5, 0.6) is 0 Å². The van der Waals surface area contributed by atoms with E-state index in [2.05, 4.69) is 10.0 Å². The number of nitrogens with one attached hydrogen (secondary N) is 2. The number of carbonyl (C=O) groups excluding carboxylic acids is 3. The molecule has 0 spiro atoms. The molecule has 0 unspecified atom stereocenters. The van der Waals surface area contributed by atoms with Crippen molar-refractivity contribution >= 4 is 50.7 Å². The molecule has 2 atom stereocenters. The number of amides is 3. The molecule has 33 heavy (non-hydrogen) atoms. The lowest BCUT2D eigenvalue weighted by Crippen LogP contribution is -2.34. The van der Waals surface area contributed by atoms with Gasteiger partial charge >= 0.3 is 0 Å². The largest absolute Gasteiger partial charge is 0.326 e. The summed E-state index contributed by atoms with van der Waals surface area (Å²) in [4.78, 5) is 38.6. The molecular formula is C23H22ClN3O5S. The quantitative estimate of drug-likeness (QED) is 0.459. The van der Waals surface area contributed by atoms with Crippen LogP contribution in [0.25, 0.3) is 0 Å². The van der Waals surface area contributed by atoms with Crippen LogP contribution < -0.4 is 10.0 Å². The molecule has 0 radical (unpaired) electrons. The molecule has 2 aromatic carbocycles. The van der Waals surface area contributed by atoms with Gasteiger partial charge in [-0.25, -0.2) is 8.42 Å². The average Bonchev–Trinajstić information content (AvgIpc) is 3.04. The summed E-state index contributed by atoms with van der Waals surface area (Å²) < 4.78 is 27.8. The molecule has 8 nitrogen and oxygen atoms in total. The van der Waals surface area contributed by atoms with Crippen molar-refractivity contribution < 1.29 is 22.8 Å². The SMILES string of the molecule is O=C(CCN1C(=O)[C@H]2CC=CC[C@@H]2C1=O)Nc1cccc(S(=O)(=O)Nc2ccc(Cl)cc2)c1. The average molecular weight is 488 g/mol. The fourth-order valence-electron chi connectivity index (χ4n) is 4.00. The van der Waals surface area contributed by atoms with Crippen LogP contribution in [0.4, 0.5) is 11.4 Å². The fourth-order valence-corrected chi connectivity index (χ4v) is 5.23. The molecule has 0 bridgehead atoms. The van der Waals surface area contributed by atoms with Crippen LogP contribution in [-0.2, 0) is 24.4 Å². The second-order valence-corrected chi connectivity index (χ2v) is 10.0. The molecule has 0 saturated carbocycles. The van der Waals surface area contributed by atoms with Crippen LogP contribution in [0.15, 0.2) is 65.6 Å². The molecule has 3 amide bonds. The fraction of sp³-hybridized carbons (Fsp3) is 0.261. The number of likely N-dealkylation sites (tertiary alicyclic amines) is 1. The van der Waals surface area contributed by atoms with E-state index in [0.717, 1.165) is 0 Å². The molecule has 172 valence electrons. The van der Waals surface area contributed by atoms with Crippen molar-refractivity contribution in [3.05, 3.63) is 65.7 Å². The molecule has 0 aromatic heterocycles. The summed E-state index contributed by atoms with van der Waals surface area (Å²) in [5.74, 6) is -1.56. The third-order valence-corrected chi connectivity index (χ3v) is 7.32. The summed E-state index contributed by atoms with van der Waals surface area (Å²) in [7, 11) is -3.88. The van der Waals surface area contributed by atoms with Crippen LogP contribution in [0.2, 0.25) is 5.02 Å². The minimum atomic E-state index is -3.88. The standard InChI is InChI=1S/C23H22ClN3O5S/c24-15-8-10-16(11-9-15)26-33(31,32)18-5-3-4-17(14-18)25-21(28)12-13-27-22(29)19-6-1-2-7-20(19)23(27)30/h1-5,8-11,14,19-20,26H,6-7,12-13H2,(H,25,28)/t19-,20-/m0/s1. The minimum Gasteiger partial charge on any atom is -0.326 e. The maximum atomic E-state index is 12.7. The van der Waals surface area contributed by atoms with E-state index >= 15 is 0 Å². The van der Waals surface area contributed by atoms with Gasteiger partial charge in [-0.15, -0.1) is 0 Å². The zero-order valence-corrected chi connectivity index (χ0v) is 19.1. The van der Waals surface area contributed by atoms with Crippen molar-refractivity contribution in [2.24, 2.45) is 11.8 Å². The maximum absolute atomic E-state index is 12.7. The highest BCUT2D eigenvalue weighted by Gasteiger charge is 2.46. The Hall–Kier alpha value is -3.17. The predicted molar refractivity (Wildman–Crippen MR) is 124 cm³/mol. The Morgan fingerprint density at radius 1 is 0.970 bits per heavy atom. The second kappa shape index (κ2) is 9.36. The van der Waals surface area contributed by atoms with Gasteiger partial charge in [0, 0.05) is 29.4 Å². The number of benzene rings is 2. The van der Waals surface area contributed by atoms with E-state index in [0.29, 0.717) is 23.6 Å². The Bertz CT molecular complexity index is 1200. The van der Waals surface area contributed by atoms with E-state index in [1.807, 2.05) is 12.2 Å². The lowest BCUT2D eigenvalue weighted by molar-refractivity contribution is -0.140. The zero-order valence-electron chi connectivity index (χ0n) is 17.5. The molecule has 2 N–H and O–H groups in total. The zero-order chi connectivity index (χ0) is 23.6. The molecule has 1 aliphatic carbocycles. The summed E-state index contributed by atoms with van der Waals surface area (Å²) in [6, 6.07) is 12.0. The number of sulfonamides is 1. The Kier molecular flexibility index (Phi) is 6.53. The lowest BCUT2D eigenvalue weighted by atomic mass is 9.85. The number of hydrogen-bond donors (Lipinski definition) is 2. The van der Waals surface area contributed by atoms with Gasteiger partial charge in [-0.1, -0.05) is 29.8 Å². The van der Waals surface area contributed by atoms with Gasteiger partial charge in [0.2, 0.25) is 17.7 Å². The van der Waals surface area contributed by atoms with Crippen molar-refractivity contribution in [3.63, 3.8) is 0 Å². The molecule has 1 aliphatic heterocycles. The second-order valence-electron chi connectivity index (χ2n) is 7.92. The molecular weight excluding hydrogens is 466 g/mol. The Balaban J connectivity index is 1.37. The topological polar surface area (TPSA) is 113 Å². The summed E-state index contributed by atoms with van der Waals surface area (Å²) in [5.41, 5.74) is 0.639. The van der Waals surface area contributed by atoms with Gasteiger partial charge in [-0.3, -0.25) is 24.0 Å². The molecule has 10 heteroatoms. The summed E-state index contributed by atoms with van der Waals surface area (Å²) in [6.07, 6.45) is 4.83. The van der Waals surface area contributed by atoms with Crippen molar-refractivity contribution in [2.45, 2.75) is 24.2 Å².